The molecule has 0 radical (unpaired) electrons. The maximum absolute atomic E-state index is 13.0. The molecule has 3 aromatic rings. The van der Waals surface area contributed by atoms with Gasteiger partial charge in [0.1, 0.15) is 5.69 Å². The Hall–Kier alpha value is -3.18. The summed E-state index contributed by atoms with van der Waals surface area (Å²) in [5.41, 5.74) is -1.36. The van der Waals surface area contributed by atoms with Crippen LogP contribution < -0.4 is 5.32 Å². The fourth-order valence-corrected chi connectivity index (χ4v) is 4.47. The number of pyridine rings is 1. The lowest BCUT2D eigenvalue weighted by Crippen LogP contribution is -2.23. The van der Waals surface area contributed by atoms with Gasteiger partial charge >= 0.3 is 12.1 Å². The molecule has 188 valence electrons. The molecule has 0 spiro atoms. The van der Waals surface area contributed by atoms with E-state index in [0.717, 1.165) is 6.07 Å². The van der Waals surface area contributed by atoms with Crippen molar-refractivity contribution in [3.63, 3.8) is 0 Å². The molecule has 2 heterocycles. The molecule has 11 heteroatoms. The van der Waals surface area contributed by atoms with Gasteiger partial charge in [-0.25, -0.2) is 4.98 Å². The van der Waals surface area contributed by atoms with Crippen molar-refractivity contribution >= 4 is 22.6 Å². The number of aliphatic hydroxyl groups excluding tert-OH is 1. The van der Waals surface area contributed by atoms with Crippen LogP contribution in [0.4, 0.5) is 18.9 Å². The van der Waals surface area contributed by atoms with Gasteiger partial charge in [-0.1, -0.05) is 6.07 Å². The number of fused-ring (bicyclic) bond motifs is 1. The number of nitrogens with one attached hydrogen (secondary N) is 1. The van der Waals surface area contributed by atoms with E-state index in [4.69, 9.17) is 0 Å². The van der Waals surface area contributed by atoms with Crippen LogP contribution in [0.15, 0.2) is 36.5 Å². The summed E-state index contributed by atoms with van der Waals surface area (Å²) >= 11 is 0. The Balaban J connectivity index is 1.64. The summed E-state index contributed by atoms with van der Waals surface area (Å²) in [5, 5.41) is 38.7. The lowest BCUT2D eigenvalue weighted by molar-refractivity contribution is -0.143. The van der Waals surface area contributed by atoms with E-state index < -0.39 is 29.7 Å². The zero-order valence-electron chi connectivity index (χ0n) is 19.3. The molecular formula is C24H27F3N4O4. The highest BCUT2D eigenvalue weighted by molar-refractivity contribution is 5.84. The molecule has 4 N–H and O–H groups in total. The summed E-state index contributed by atoms with van der Waals surface area (Å²) in [4.78, 5) is 14.8. The molecule has 1 aliphatic carbocycles. The number of aliphatic hydroxyl groups is 2. The van der Waals surface area contributed by atoms with Gasteiger partial charge in [0.25, 0.3) is 0 Å². The molecule has 4 rings (SSSR count). The number of aliphatic carboxylic acids is 1. The van der Waals surface area contributed by atoms with E-state index in [-0.39, 0.29) is 17.7 Å². The van der Waals surface area contributed by atoms with Gasteiger partial charge in [-0.2, -0.15) is 18.3 Å². The minimum atomic E-state index is -4.65. The molecule has 1 aromatic carbocycles. The standard InChI is InChI=1S/C24H27F3N4O4/c1-23(2,35)16-11-18-14(12-31(30-18)15-8-6-13(7-9-15)22(33)34)10-19(16)29-21(32)17-4-3-5-20(28-17)24(25,26)27/h3-5,10-13,15,21,29,32,35H,6-9H2,1-2H3,(H,33,34). The molecule has 2 aromatic heterocycles. The van der Waals surface area contributed by atoms with Gasteiger partial charge in [0.05, 0.1) is 28.8 Å². The first-order chi connectivity index (χ1) is 16.3. The second kappa shape index (κ2) is 9.12. The molecule has 1 atom stereocenters. The summed E-state index contributed by atoms with van der Waals surface area (Å²) in [7, 11) is 0. The second-order valence-corrected chi connectivity index (χ2v) is 9.46. The van der Waals surface area contributed by atoms with Crippen molar-refractivity contribution < 1.29 is 33.3 Å². The Labute approximate surface area is 199 Å². The number of carboxylic acid groups (broad SMARTS) is 1. The van der Waals surface area contributed by atoms with Crippen molar-refractivity contribution in [2.45, 2.75) is 63.6 Å². The average molecular weight is 492 g/mol. The van der Waals surface area contributed by atoms with Gasteiger partial charge in [0, 0.05) is 22.8 Å². The first kappa shape index (κ1) is 24.9. The van der Waals surface area contributed by atoms with Crippen molar-refractivity contribution in [3.8, 4) is 0 Å². The fraction of sp³-hybridized carbons (Fsp3) is 0.458. The van der Waals surface area contributed by atoms with E-state index in [1.807, 2.05) is 6.20 Å². The first-order valence-electron chi connectivity index (χ1n) is 11.3. The van der Waals surface area contributed by atoms with E-state index in [0.29, 0.717) is 47.8 Å². The smallest absolute Gasteiger partial charge is 0.433 e. The van der Waals surface area contributed by atoms with Crippen LogP contribution in [0.5, 0.6) is 0 Å². The van der Waals surface area contributed by atoms with E-state index in [2.05, 4.69) is 15.4 Å². The van der Waals surface area contributed by atoms with Crippen LogP contribution in [0, 0.1) is 5.92 Å². The Morgan fingerprint density at radius 1 is 1.17 bits per heavy atom. The maximum atomic E-state index is 13.0. The lowest BCUT2D eigenvalue weighted by atomic mass is 9.86. The molecule has 8 nitrogen and oxygen atoms in total. The minimum absolute atomic E-state index is 0.0416. The quantitative estimate of drug-likeness (QED) is 0.371. The van der Waals surface area contributed by atoms with Crippen LogP contribution in [0.25, 0.3) is 10.9 Å². The third kappa shape index (κ3) is 5.40. The number of carboxylic acids is 1. The summed E-state index contributed by atoms with van der Waals surface area (Å²) in [6.45, 7) is 3.11. The molecule has 35 heavy (non-hydrogen) atoms. The van der Waals surface area contributed by atoms with E-state index >= 15 is 0 Å². The van der Waals surface area contributed by atoms with Crippen LogP contribution in [0.1, 0.15) is 68.8 Å². The third-order valence-electron chi connectivity index (χ3n) is 6.37. The van der Waals surface area contributed by atoms with Crippen LogP contribution in [-0.4, -0.2) is 36.1 Å². The first-order valence-corrected chi connectivity index (χ1v) is 11.3. The summed E-state index contributed by atoms with van der Waals surface area (Å²) in [6, 6.07) is 6.65. The number of nitrogens with zero attached hydrogens (tertiary/aromatic N) is 3. The van der Waals surface area contributed by atoms with Crippen LogP contribution in [0.3, 0.4) is 0 Å². The zero-order valence-corrected chi connectivity index (χ0v) is 19.3. The van der Waals surface area contributed by atoms with E-state index in [9.17, 15) is 33.3 Å². The Kier molecular flexibility index (Phi) is 6.50. The number of halogens is 3. The lowest BCUT2D eigenvalue weighted by Gasteiger charge is -2.26. The van der Waals surface area contributed by atoms with Crippen molar-refractivity contribution in [2.75, 3.05) is 5.32 Å². The molecule has 1 saturated carbocycles. The Morgan fingerprint density at radius 3 is 2.46 bits per heavy atom. The van der Waals surface area contributed by atoms with Gasteiger partial charge < -0.3 is 20.6 Å². The van der Waals surface area contributed by atoms with Gasteiger partial charge in [-0.3, -0.25) is 9.48 Å². The zero-order chi connectivity index (χ0) is 25.5. The number of rotatable bonds is 6. The molecule has 0 aliphatic heterocycles. The number of carbonyl (C=O) groups is 1. The molecule has 0 bridgehead atoms. The minimum Gasteiger partial charge on any atom is -0.481 e. The number of aromatic nitrogens is 3. The molecular weight excluding hydrogens is 465 g/mol. The van der Waals surface area contributed by atoms with Crippen LogP contribution in [0.2, 0.25) is 0 Å². The van der Waals surface area contributed by atoms with Crippen molar-refractivity contribution in [2.24, 2.45) is 5.92 Å². The van der Waals surface area contributed by atoms with Gasteiger partial charge in [-0.15, -0.1) is 0 Å². The predicted octanol–water partition coefficient (Wildman–Crippen LogP) is 4.60. The van der Waals surface area contributed by atoms with Gasteiger partial charge in [-0.05, 0) is 63.8 Å². The van der Waals surface area contributed by atoms with Crippen molar-refractivity contribution in [1.29, 1.82) is 0 Å². The molecule has 0 saturated heterocycles. The van der Waals surface area contributed by atoms with Gasteiger partial charge in [0.15, 0.2) is 6.23 Å². The summed E-state index contributed by atoms with van der Waals surface area (Å²) in [5.74, 6) is -1.13. The molecule has 0 amide bonds. The number of hydrogen-bond donors (Lipinski definition) is 4. The molecule has 1 aliphatic rings. The Bertz CT molecular complexity index is 1230. The topological polar surface area (TPSA) is 121 Å². The predicted molar refractivity (Wildman–Crippen MR) is 121 cm³/mol. The largest absolute Gasteiger partial charge is 0.481 e. The van der Waals surface area contributed by atoms with E-state index in [1.54, 1.807) is 30.7 Å². The number of hydrogen-bond acceptors (Lipinski definition) is 6. The van der Waals surface area contributed by atoms with E-state index in [1.165, 1.54) is 12.1 Å². The second-order valence-electron chi connectivity index (χ2n) is 9.46. The highest BCUT2D eigenvalue weighted by atomic mass is 19.4. The highest BCUT2D eigenvalue weighted by Gasteiger charge is 2.33. The van der Waals surface area contributed by atoms with Crippen molar-refractivity contribution in [3.05, 3.63) is 53.5 Å². The van der Waals surface area contributed by atoms with Gasteiger partial charge in [0.2, 0.25) is 0 Å². The fourth-order valence-electron chi connectivity index (χ4n) is 4.47. The molecule has 1 fully saturated rings. The van der Waals surface area contributed by atoms with Crippen molar-refractivity contribution in [1.82, 2.24) is 14.8 Å². The average Bonchev–Trinajstić information content (AvgIpc) is 3.20. The maximum Gasteiger partial charge on any atom is 0.433 e. The van der Waals surface area contributed by atoms with Crippen LogP contribution in [-0.2, 0) is 16.6 Å². The molecule has 1 unspecified atom stereocenters. The van der Waals surface area contributed by atoms with Crippen LogP contribution >= 0.6 is 0 Å². The highest BCUT2D eigenvalue weighted by Crippen LogP contribution is 2.36. The number of benzene rings is 1. The summed E-state index contributed by atoms with van der Waals surface area (Å²) < 4.78 is 40.9. The SMILES string of the molecule is CC(C)(O)c1cc2nn(C3CCC(C(=O)O)CC3)cc2cc1NC(O)c1cccc(C(F)(F)F)n1. The number of alkyl halides is 3. The normalized spacial score (nSPS) is 20.1. The Morgan fingerprint density at radius 2 is 1.86 bits per heavy atom. The monoisotopic (exact) mass is 492 g/mol. The summed E-state index contributed by atoms with van der Waals surface area (Å²) in [6.07, 6.45) is -1.91. The third-order valence-corrected chi connectivity index (χ3v) is 6.37. The number of anilines is 1.